The number of halogens is 2. The Morgan fingerprint density at radius 1 is 0.647 bits per heavy atom. The summed E-state index contributed by atoms with van der Waals surface area (Å²) in [6.07, 6.45) is 0. The first kappa shape index (κ1) is 20.0. The fourth-order valence-electron chi connectivity index (χ4n) is 6.34. The summed E-state index contributed by atoms with van der Waals surface area (Å²) in [4.78, 5) is 28.3. The lowest BCUT2D eigenvalue weighted by Gasteiger charge is -2.42. The zero-order chi connectivity index (χ0) is 23.2. The molecule has 4 aromatic carbocycles. The molecule has 0 heterocycles. The zero-order valence-corrected chi connectivity index (χ0v) is 19.3. The summed E-state index contributed by atoms with van der Waals surface area (Å²) in [5.74, 6) is -0.632. The number of allylic oxidation sites excluding steroid dienone is 1. The number of rotatable bonds is 1. The molecule has 0 N–H and O–H groups in total. The number of carbonyl (C=O) groups excluding carboxylic acids is 2. The third-order valence-corrected chi connectivity index (χ3v) is 7.97. The first-order chi connectivity index (χ1) is 16.5. The lowest BCUT2D eigenvalue weighted by molar-refractivity contribution is 0.0949. The van der Waals surface area contributed by atoms with Crippen molar-refractivity contribution in [3.05, 3.63) is 146 Å². The van der Waals surface area contributed by atoms with Gasteiger partial charge in [-0.3, -0.25) is 9.59 Å². The van der Waals surface area contributed by atoms with E-state index in [4.69, 9.17) is 23.2 Å². The third-order valence-electron chi connectivity index (χ3n) is 7.50. The Balaban J connectivity index is 1.73. The van der Waals surface area contributed by atoms with E-state index in [1.807, 2.05) is 91.0 Å². The lowest BCUT2D eigenvalue weighted by Crippen LogP contribution is -2.40. The molecular weight excluding hydrogens is 463 g/mol. The van der Waals surface area contributed by atoms with Gasteiger partial charge in [0.1, 0.15) is 0 Å². The molecule has 2 unspecified atom stereocenters. The first-order valence-electron chi connectivity index (χ1n) is 11.1. The summed E-state index contributed by atoms with van der Waals surface area (Å²) >= 11 is 13.0. The summed E-state index contributed by atoms with van der Waals surface area (Å²) < 4.78 is 0. The van der Waals surface area contributed by atoms with E-state index in [0.29, 0.717) is 26.7 Å². The molecule has 0 spiro atoms. The second-order valence-electron chi connectivity index (χ2n) is 9.02. The Morgan fingerprint density at radius 3 is 2.15 bits per heavy atom. The first-order valence-corrected chi connectivity index (χ1v) is 11.9. The van der Waals surface area contributed by atoms with E-state index in [-0.39, 0.29) is 11.6 Å². The minimum atomic E-state index is -0.981. The second kappa shape index (κ2) is 6.79. The van der Waals surface area contributed by atoms with E-state index in [9.17, 15) is 9.59 Å². The van der Waals surface area contributed by atoms with E-state index < -0.39 is 11.3 Å². The summed E-state index contributed by atoms with van der Waals surface area (Å²) in [6, 6.07) is 28.6. The number of Topliss-reactive ketones (excluding diaryl/α,β-unsaturated/α-hetero) is 2. The normalized spacial score (nSPS) is 21.6. The zero-order valence-electron chi connectivity index (χ0n) is 17.8. The van der Waals surface area contributed by atoms with Gasteiger partial charge in [-0.2, -0.15) is 0 Å². The lowest BCUT2D eigenvalue weighted by atomic mass is 9.57. The number of benzene rings is 4. The molecule has 0 amide bonds. The smallest absolute Gasteiger partial charge is 0.191 e. The molecule has 34 heavy (non-hydrogen) atoms. The number of ketones is 2. The molecule has 4 aromatic rings. The average Bonchev–Trinajstić information content (AvgIpc) is 3.30. The van der Waals surface area contributed by atoms with Crippen molar-refractivity contribution in [3.63, 3.8) is 0 Å². The minimum absolute atomic E-state index is 0.00875. The van der Waals surface area contributed by atoms with E-state index >= 15 is 0 Å². The van der Waals surface area contributed by atoms with Gasteiger partial charge < -0.3 is 0 Å². The van der Waals surface area contributed by atoms with Gasteiger partial charge in [0.25, 0.3) is 0 Å². The van der Waals surface area contributed by atoms with Crippen LogP contribution in [0.15, 0.2) is 96.6 Å². The summed E-state index contributed by atoms with van der Waals surface area (Å²) in [7, 11) is 0. The SMILES string of the molecule is O=C1C2=C(c3ccccc31)c1cc(Cl)ccc1C1C(=O)c3ccccc3C21c1cccc(Cl)c1. The van der Waals surface area contributed by atoms with Gasteiger partial charge in [-0.15, -0.1) is 0 Å². The van der Waals surface area contributed by atoms with Gasteiger partial charge in [-0.05, 0) is 57.7 Å². The Labute approximate surface area is 206 Å². The highest BCUT2D eigenvalue weighted by atomic mass is 35.5. The Kier molecular flexibility index (Phi) is 3.98. The molecule has 0 aromatic heterocycles. The van der Waals surface area contributed by atoms with E-state index in [1.54, 1.807) is 0 Å². The maximum absolute atomic E-state index is 14.2. The topological polar surface area (TPSA) is 34.1 Å². The molecule has 162 valence electrons. The van der Waals surface area contributed by atoms with Gasteiger partial charge in [0.05, 0.1) is 11.3 Å². The van der Waals surface area contributed by atoms with Crippen molar-refractivity contribution in [1.29, 1.82) is 0 Å². The van der Waals surface area contributed by atoms with Crippen LogP contribution in [-0.4, -0.2) is 11.6 Å². The van der Waals surface area contributed by atoms with Crippen LogP contribution in [-0.2, 0) is 5.41 Å². The van der Waals surface area contributed by atoms with Gasteiger partial charge in [0.2, 0.25) is 0 Å². The molecule has 0 aliphatic heterocycles. The highest BCUT2D eigenvalue weighted by molar-refractivity contribution is 6.32. The molecule has 0 fully saturated rings. The summed E-state index contributed by atoms with van der Waals surface area (Å²) in [5, 5.41) is 1.13. The molecule has 0 bridgehead atoms. The van der Waals surface area contributed by atoms with Crippen LogP contribution >= 0.6 is 23.2 Å². The highest BCUT2D eigenvalue weighted by Gasteiger charge is 2.62. The highest BCUT2D eigenvalue weighted by Crippen LogP contribution is 2.64. The molecule has 3 aliphatic carbocycles. The van der Waals surface area contributed by atoms with Crippen molar-refractivity contribution < 1.29 is 9.59 Å². The van der Waals surface area contributed by atoms with E-state index in [1.165, 1.54) is 0 Å². The molecule has 0 saturated carbocycles. The van der Waals surface area contributed by atoms with Crippen LogP contribution in [0.1, 0.15) is 54.5 Å². The molecule has 4 heteroatoms. The van der Waals surface area contributed by atoms with Gasteiger partial charge in [-0.1, -0.05) is 89.9 Å². The minimum Gasteiger partial charge on any atom is -0.293 e. The quantitative estimate of drug-likeness (QED) is 0.288. The van der Waals surface area contributed by atoms with Gasteiger partial charge in [0.15, 0.2) is 11.6 Å². The second-order valence-corrected chi connectivity index (χ2v) is 9.89. The predicted octanol–water partition coefficient (Wildman–Crippen LogP) is 7.27. The number of hydrogen-bond donors (Lipinski definition) is 0. The monoisotopic (exact) mass is 478 g/mol. The fourth-order valence-corrected chi connectivity index (χ4v) is 6.70. The summed E-state index contributed by atoms with van der Waals surface area (Å²) in [6.45, 7) is 0. The molecule has 7 rings (SSSR count). The number of carbonyl (C=O) groups is 2. The molecular formula is C30H16Cl2O2. The fraction of sp³-hybridized carbons (Fsp3) is 0.0667. The van der Waals surface area contributed by atoms with Crippen molar-refractivity contribution in [1.82, 2.24) is 0 Å². The largest absolute Gasteiger partial charge is 0.293 e. The average molecular weight is 479 g/mol. The van der Waals surface area contributed by atoms with Crippen molar-refractivity contribution >= 4 is 40.3 Å². The molecule has 3 aliphatic rings. The van der Waals surface area contributed by atoms with Gasteiger partial charge >= 0.3 is 0 Å². The maximum atomic E-state index is 14.2. The van der Waals surface area contributed by atoms with Crippen LogP contribution in [0, 0.1) is 0 Å². The van der Waals surface area contributed by atoms with Crippen LogP contribution in [0.4, 0.5) is 0 Å². The van der Waals surface area contributed by atoms with Gasteiger partial charge in [0, 0.05) is 26.7 Å². The van der Waals surface area contributed by atoms with Gasteiger partial charge in [-0.25, -0.2) is 0 Å². The molecule has 2 nitrogen and oxygen atoms in total. The van der Waals surface area contributed by atoms with Crippen LogP contribution in [0.2, 0.25) is 10.0 Å². The number of fused-ring (bicyclic) bond motifs is 9. The van der Waals surface area contributed by atoms with Crippen LogP contribution in [0.25, 0.3) is 5.57 Å². The predicted molar refractivity (Wildman–Crippen MR) is 134 cm³/mol. The molecule has 0 saturated heterocycles. The van der Waals surface area contributed by atoms with E-state index in [2.05, 4.69) is 0 Å². The third kappa shape index (κ3) is 2.28. The standard InChI is InChI=1S/C30H16Cl2O2/c31-17-7-5-6-16(14-17)30-24-11-4-3-10-22(24)29(34)26(30)20-13-12-18(32)15-23(20)25-19-8-1-2-9-21(19)28(33)27(25)30/h1-15,26H. The Hall–Kier alpha value is -3.46. The van der Waals surface area contributed by atoms with Crippen molar-refractivity contribution in [2.75, 3.05) is 0 Å². The molecule has 2 atom stereocenters. The number of hydrogen-bond acceptors (Lipinski definition) is 2. The van der Waals surface area contributed by atoms with Crippen molar-refractivity contribution in [2.24, 2.45) is 0 Å². The summed E-state index contributed by atoms with van der Waals surface area (Å²) in [5.41, 5.74) is 6.11. The van der Waals surface area contributed by atoms with E-state index in [0.717, 1.165) is 33.4 Å². The van der Waals surface area contributed by atoms with Crippen molar-refractivity contribution in [3.8, 4) is 0 Å². The van der Waals surface area contributed by atoms with Crippen LogP contribution in [0.5, 0.6) is 0 Å². The van der Waals surface area contributed by atoms with Crippen LogP contribution < -0.4 is 0 Å². The van der Waals surface area contributed by atoms with Crippen LogP contribution in [0.3, 0.4) is 0 Å². The Morgan fingerprint density at radius 2 is 1.35 bits per heavy atom. The molecule has 0 radical (unpaired) electrons. The van der Waals surface area contributed by atoms with Crippen molar-refractivity contribution in [2.45, 2.75) is 11.3 Å². The Bertz CT molecular complexity index is 1630. The maximum Gasteiger partial charge on any atom is 0.191 e.